The van der Waals surface area contributed by atoms with E-state index in [1.807, 2.05) is 91.2 Å². The Morgan fingerprint density at radius 1 is 0.758 bits per heavy atom. The Labute approximate surface area is 189 Å². The molecule has 3 aromatic heterocycles. The Hall–Kier alpha value is -4.32. The largest absolute Gasteiger partial charge is 0.294 e. The molecule has 160 valence electrons. The van der Waals surface area contributed by atoms with Gasteiger partial charge >= 0.3 is 0 Å². The molecule has 6 heteroatoms. The van der Waals surface area contributed by atoms with Crippen LogP contribution >= 0.6 is 0 Å². The van der Waals surface area contributed by atoms with E-state index in [0.717, 1.165) is 27.8 Å². The number of benzene rings is 3. The second-order valence-electron chi connectivity index (χ2n) is 8.42. The lowest BCUT2D eigenvalue weighted by Gasteiger charge is -2.08. The Balaban J connectivity index is 1.67. The molecule has 6 aromatic rings. The Morgan fingerprint density at radius 2 is 1.39 bits per heavy atom. The molecule has 3 aromatic carbocycles. The van der Waals surface area contributed by atoms with Gasteiger partial charge in [-0.15, -0.1) is 0 Å². The van der Waals surface area contributed by atoms with Crippen LogP contribution in [0.15, 0.2) is 83.9 Å². The van der Waals surface area contributed by atoms with Crippen molar-refractivity contribution in [2.75, 3.05) is 0 Å². The predicted molar refractivity (Wildman–Crippen MR) is 131 cm³/mol. The highest BCUT2D eigenvalue weighted by Gasteiger charge is 2.20. The number of hydrogen-bond acceptors (Lipinski definition) is 4. The number of para-hydroxylation sites is 2. The third-order valence-electron chi connectivity index (χ3n) is 6.00. The van der Waals surface area contributed by atoms with Crippen molar-refractivity contribution in [1.82, 2.24) is 24.1 Å². The van der Waals surface area contributed by atoms with Crippen molar-refractivity contribution in [1.29, 1.82) is 0 Å². The summed E-state index contributed by atoms with van der Waals surface area (Å²) in [7, 11) is 0. The van der Waals surface area contributed by atoms with Gasteiger partial charge in [0.2, 0.25) is 0 Å². The third kappa shape index (κ3) is 3.19. The maximum absolute atomic E-state index is 13.7. The Bertz CT molecular complexity index is 1710. The first kappa shape index (κ1) is 19.4. The van der Waals surface area contributed by atoms with Crippen molar-refractivity contribution in [3.05, 3.63) is 106 Å². The highest BCUT2D eigenvalue weighted by molar-refractivity contribution is 6.05. The van der Waals surface area contributed by atoms with E-state index >= 15 is 0 Å². The van der Waals surface area contributed by atoms with Crippen molar-refractivity contribution < 1.29 is 0 Å². The molecule has 0 aliphatic rings. The normalized spacial score (nSPS) is 11.6. The minimum atomic E-state index is -0.124. The number of aromatic nitrogens is 5. The van der Waals surface area contributed by atoms with Crippen LogP contribution in [-0.4, -0.2) is 24.1 Å². The Morgan fingerprint density at radius 3 is 2.09 bits per heavy atom. The number of aryl methyl sites for hydroxylation is 2. The van der Waals surface area contributed by atoms with Crippen LogP contribution < -0.4 is 5.56 Å². The zero-order valence-corrected chi connectivity index (χ0v) is 18.4. The van der Waals surface area contributed by atoms with Crippen LogP contribution in [0.5, 0.6) is 0 Å². The molecule has 3 heterocycles. The molecule has 0 amide bonds. The average Bonchev–Trinajstić information content (AvgIpc) is 3.15. The molecule has 0 aliphatic heterocycles. The summed E-state index contributed by atoms with van der Waals surface area (Å²) < 4.78 is 3.57. The molecule has 6 nitrogen and oxygen atoms in total. The second-order valence-corrected chi connectivity index (χ2v) is 8.42. The topological polar surface area (TPSA) is 65.6 Å². The summed E-state index contributed by atoms with van der Waals surface area (Å²) >= 11 is 0. The molecule has 0 N–H and O–H groups in total. The maximum Gasteiger partial charge on any atom is 0.265 e. The molecule has 0 aliphatic carbocycles. The zero-order chi connectivity index (χ0) is 22.5. The Kier molecular flexibility index (Phi) is 4.33. The minimum Gasteiger partial charge on any atom is -0.294 e. The van der Waals surface area contributed by atoms with Crippen LogP contribution in [0.1, 0.15) is 16.7 Å². The lowest BCUT2D eigenvalue weighted by Crippen LogP contribution is -2.21. The average molecular weight is 431 g/mol. The van der Waals surface area contributed by atoms with Crippen LogP contribution in [0.4, 0.5) is 0 Å². The fourth-order valence-electron chi connectivity index (χ4n) is 4.21. The molecule has 0 saturated heterocycles. The van der Waals surface area contributed by atoms with Gasteiger partial charge in [-0.1, -0.05) is 59.7 Å². The number of nitrogens with zero attached hydrogens (tertiary/aromatic N) is 5. The molecule has 0 fully saturated rings. The van der Waals surface area contributed by atoms with Gasteiger partial charge < -0.3 is 0 Å². The van der Waals surface area contributed by atoms with E-state index in [1.54, 1.807) is 10.9 Å². The zero-order valence-electron chi connectivity index (χ0n) is 18.4. The third-order valence-corrected chi connectivity index (χ3v) is 6.00. The molecule has 0 spiro atoms. The first-order valence-electron chi connectivity index (χ1n) is 10.9. The van der Waals surface area contributed by atoms with Crippen LogP contribution in [-0.2, 0) is 6.54 Å². The van der Waals surface area contributed by atoms with Crippen molar-refractivity contribution in [3.8, 4) is 5.69 Å². The van der Waals surface area contributed by atoms with Gasteiger partial charge in [0, 0.05) is 5.69 Å². The van der Waals surface area contributed by atoms with E-state index in [9.17, 15) is 4.79 Å². The number of rotatable bonds is 3. The lowest BCUT2D eigenvalue weighted by atomic mass is 10.1. The second kappa shape index (κ2) is 7.38. The van der Waals surface area contributed by atoms with Gasteiger partial charge in [0.15, 0.2) is 11.3 Å². The minimum absolute atomic E-state index is 0.124. The maximum atomic E-state index is 13.7. The SMILES string of the molecule is Cc1ccc(Cn2cnc3c(c2=O)c2nc4ccccc4nc2n3-c2ccc(C)cc2)cc1. The van der Waals surface area contributed by atoms with Gasteiger partial charge in [0.1, 0.15) is 17.2 Å². The van der Waals surface area contributed by atoms with Gasteiger partial charge in [0.25, 0.3) is 5.56 Å². The molecule has 0 atom stereocenters. The van der Waals surface area contributed by atoms with Crippen molar-refractivity contribution in [2.24, 2.45) is 0 Å². The summed E-state index contributed by atoms with van der Waals surface area (Å²) in [5, 5.41) is 0.485. The van der Waals surface area contributed by atoms with Gasteiger partial charge in [-0.3, -0.25) is 13.9 Å². The summed E-state index contributed by atoms with van der Waals surface area (Å²) in [5.41, 5.74) is 7.45. The summed E-state index contributed by atoms with van der Waals surface area (Å²) in [6.45, 7) is 4.54. The summed E-state index contributed by atoms with van der Waals surface area (Å²) in [6.07, 6.45) is 1.62. The fourth-order valence-corrected chi connectivity index (χ4v) is 4.21. The van der Waals surface area contributed by atoms with Gasteiger partial charge in [-0.25, -0.2) is 15.0 Å². The first-order chi connectivity index (χ1) is 16.1. The molecule has 0 unspecified atom stereocenters. The molecule has 0 bridgehead atoms. The first-order valence-corrected chi connectivity index (χ1v) is 10.9. The van der Waals surface area contributed by atoms with E-state index in [2.05, 4.69) is 0 Å². The van der Waals surface area contributed by atoms with E-state index in [4.69, 9.17) is 15.0 Å². The van der Waals surface area contributed by atoms with Crippen molar-refractivity contribution in [3.63, 3.8) is 0 Å². The van der Waals surface area contributed by atoms with Gasteiger partial charge in [0.05, 0.1) is 17.6 Å². The van der Waals surface area contributed by atoms with Gasteiger partial charge in [-0.05, 0) is 43.7 Å². The van der Waals surface area contributed by atoms with E-state index in [0.29, 0.717) is 28.7 Å². The summed E-state index contributed by atoms with van der Waals surface area (Å²) in [4.78, 5) is 28.2. The van der Waals surface area contributed by atoms with Crippen molar-refractivity contribution in [2.45, 2.75) is 20.4 Å². The van der Waals surface area contributed by atoms with E-state index < -0.39 is 0 Å². The molecule has 0 saturated carbocycles. The quantitative estimate of drug-likeness (QED) is 0.398. The predicted octanol–water partition coefficient (Wildman–Crippen LogP) is 4.95. The summed E-state index contributed by atoms with van der Waals surface area (Å²) in [5.74, 6) is 0. The molecular weight excluding hydrogens is 410 g/mol. The van der Waals surface area contributed by atoms with Crippen molar-refractivity contribution >= 4 is 33.2 Å². The summed E-state index contributed by atoms with van der Waals surface area (Å²) in [6, 6.07) is 24.0. The standard InChI is InChI=1S/C27H21N5O/c1-17-7-11-19(12-8-17)15-31-16-28-25-23(27(31)33)24-26(30-22-6-4-3-5-21(22)29-24)32(25)20-13-9-18(2)10-14-20/h3-14,16H,15H2,1-2H3. The highest BCUT2D eigenvalue weighted by Crippen LogP contribution is 2.28. The fraction of sp³-hybridized carbons (Fsp3) is 0.111. The van der Waals surface area contributed by atoms with E-state index in [1.165, 1.54) is 5.56 Å². The molecule has 33 heavy (non-hydrogen) atoms. The van der Waals surface area contributed by atoms with Crippen LogP contribution in [0, 0.1) is 13.8 Å². The molecular formula is C27H21N5O. The van der Waals surface area contributed by atoms with Gasteiger partial charge in [-0.2, -0.15) is 0 Å². The van der Waals surface area contributed by atoms with E-state index in [-0.39, 0.29) is 5.56 Å². The smallest absolute Gasteiger partial charge is 0.265 e. The van der Waals surface area contributed by atoms with Crippen LogP contribution in [0.2, 0.25) is 0 Å². The van der Waals surface area contributed by atoms with Crippen LogP contribution in [0.25, 0.3) is 38.9 Å². The number of hydrogen-bond donors (Lipinski definition) is 0. The monoisotopic (exact) mass is 431 g/mol. The lowest BCUT2D eigenvalue weighted by molar-refractivity contribution is 0.746. The molecule has 6 rings (SSSR count). The highest BCUT2D eigenvalue weighted by atomic mass is 16.1. The number of fused-ring (bicyclic) bond motifs is 4. The van der Waals surface area contributed by atoms with Crippen LogP contribution in [0.3, 0.4) is 0 Å². The molecule has 0 radical (unpaired) electrons.